The number of aromatic hydroxyl groups is 1. The Morgan fingerprint density at radius 1 is 1.27 bits per heavy atom. The molecule has 1 amide bonds. The van der Waals surface area contributed by atoms with Crippen LogP contribution in [0.15, 0.2) is 24.3 Å². The zero-order valence-electron chi connectivity index (χ0n) is 12.4. The van der Waals surface area contributed by atoms with Gasteiger partial charge in [0.15, 0.2) is 17.8 Å². The number of benzene rings is 1. The Morgan fingerprint density at radius 3 is 2.41 bits per heavy atom. The number of rotatable bonds is 5. The first kappa shape index (κ1) is 15.8. The Bertz CT molecular complexity index is 585. The van der Waals surface area contributed by atoms with Crippen molar-refractivity contribution in [1.29, 1.82) is 5.26 Å². The van der Waals surface area contributed by atoms with E-state index >= 15 is 0 Å². The van der Waals surface area contributed by atoms with E-state index in [9.17, 15) is 20.0 Å². The minimum absolute atomic E-state index is 0.0884. The lowest BCUT2D eigenvalue weighted by Gasteiger charge is -2.20. The fourth-order valence-electron chi connectivity index (χ4n) is 2.38. The first-order valence-corrected chi connectivity index (χ1v) is 7.20. The number of nitriles is 1. The molecular formula is C16H18N2O4. The van der Waals surface area contributed by atoms with E-state index in [-0.39, 0.29) is 5.75 Å². The lowest BCUT2D eigenvalue weighted by Crippen LogP contribution is -2.41. The normalized spacial score (nSPS) is 16.6. The zero-order valence-corrected chi connectivity index (χ0v) is 12.4. The van der Waals surface area contributed by atoms with Gasteiger partial charge in [0.05, 0.1) is 6.07 Å². The van der Waals surface area contributed by atoms with Crippen molar-refractivity contribution in [3.63, 3.8) is 0 Å². The van der Waals surface area contributed by atoms with Crippen molar-refractivity contribution >= 4 is 11.7 Å². The Labute approximate surface area is 128 Å². The second-order valence-corrected chi connectivity index (χ2v) is 5.25. The summed E-state index contributed by atoms with van der Waals surface area (Å²) in [6, 6.07) is 7.70. The molecule has 2 rings (SSSR count). The van der Waals surface area contributed by atoms with Crippen LogP contribution in [0.3, 0.4) is 0 Å². The number of phenolic OH excluding ortho intramolecular Hbond substituents is 1. The van der Waals surface area contributed by atoms with Crippen molar-refractivity contribution in [1.82, 2.24) is 4.90 Å². The number of nitrogens with zero attached hydrogens (tertiary/aromatic N) is 2. The predicted molar refractivity (Wildman–Crippen MR) is 78.1 cm³/mol. The molecule has 1 fully saturated rings. The number of phenols is 1. The fraction of sp³-hybridized carbons (Fsp3) is 0.438. The fourth-order valence-corrected chi connectivity index (χ4v) is 2.38. The Morgan fingerprint density at radius 2 is 1.86 bits per heavy atom. The van der Waals surface area contributed by atoms with E-state index in [0.29, 0.717) is 18.8 Å². The summed E-state index contributed by atoms with van der Waals surface area (Å²) < 4.78 is 5.44. The van der Waals surface area contributed by atoms with Gasteiger partial charge in [0.1, 0.15) is 11.5 Å². The molecule has 6 heteroatoms. The molecule has 0 aliphatic carbocycles. The van der Waals surface area contributed by atoms with Gasteiger partial charge in [-0.3, -0.25) is 9.59 Å². The van der Waals surface area contributed by atoms with Crippen LogP contribution in [0.2, 0.25) is 0 Å². The molecule has 2 unspecified atom stereocenters. The molecule has 0 saturated carbocycles. The highest BCUT2D eigenvalue weighted by atomic mass is 16.5. The average Bonchev–Trinajstić information content (AvgIpc) is 3.04. The van der Waals surface area contributed by atoms with Crippen LogP contribution >= 0.6 is 0 Å². The smallest absolute Gasteiger partial charge is 0.247 e. The summed E-state index contributed by atoms with van der Waals surface area (Å²) in [7, 11) is 0. The number of ether oxygens (including phenoxy) is 1. The summed E-state index contributed by atoms with van der Waals surface area (Å²) in [5.74, 6) is -1.83. The second kappa shape index (κ2) is 6.94. The topological polar surface area (TPSA) is 90.6 Å². The summed E-state index contributed by atoms with van der Waals surface area (Å²) in [5.41, 5.74) is 0. The molecule has 1 heterocycles. The van der Waals surface area contributed by atoms with E-state index in [4.69, 9.17) is 4.74 Å². The highest BCUT2D eigenvalue weighted by Crippen LogP contribution is 2.19. The van der Waals surface area contributed by atoms with Gasteiger partial charge in [-0.15, -0.1) is 0 Å². The van der Waals surface area contributed by atoms with Crippen LogP contribution in [0.4, 0.5) is 0 Å². The van der Waals surface area contributed by atoms with Crippen molar-refractivity contribution in [3.8, 4) is 17.6 Å². The number of hydrogen-bond acceptors (Lipinski definition) is 5. The molecule has 0 aromatic heterocycles. The summed E-state index contributed by atoms with van der Waals surface area (Å²) in [6.07, 6.45) is 0.885. The largest absolute Gasteiger partial charge is 0.508 e. The summed E-state index contributed by atoms with van der Waals surface area (Å²) >= 11 is 0. The SMILES string of the molecule is CC(Oc1ccc(O)cc1)C(=O)C(C#N)C(=O)N1CCCC1. The van der Waals surface area contributed by atoms with Crippen LogP contribution in [0, 0.1) is 17.2 Å². The molecule has 22 heavy (non-hydrogen) atoms. The first-order chi connectivity index (χ1) is 10.5. The maximum Gasteiger partial charge on any atom is 0.247 e. The number of Topliss-reactive ketones (excluding diaryl/α,β-unsaturated/α-hetero) is 1. The summed E-state index contributed by atoms with van der Waals surface area (Å²) in [5, 5.41) is 18.4. The van der Waals surface area contributed by atoms with E-state index < -0.39 is 23.7 Å². The maximum absolute atomic E-state index is 12.3. The Hall–Kier alpha value is -2.55. The standard InChI is InChI=1S/C16H18N2O4/c1-11(22-13-6-4-12(19)5-7-13)15(20)14(10-17)16(21)18-8-2-3-9-18/h4-7,11,14,19H,2-3,8-9H2,1H3. The van der Waals surface area contributed by atoms with Crippen LogP contribution in [-0.4, -0.2) is 40.9 Å². The third-order valence-electron chi connectivity index (χ3n) is 3.63. The van der Waals surface area contributed by atoms with Crippen molar-refractivity contribution < 1.29 is 19.4 Å². The molecule has 1 aromatic carbocycles. The van der Waals surface area contributed by atoms with Crippen molar-refractivity contribution in [3.05, 3.63) is 24.3 Å². The molecule has 6 nitrogen and oxygen atoms in total. The number of carbonyl (C=O) groups excluding carboxylic acids is 2. The molecule has 1 N–H and O–H groups in total. The van der Waals surface area contributed by atoms with Crippen molar-refractivity contribution in [2.75, 3.05) is 13.1 Å². The highest BCUT2D eigenvalue weighted by molar-refractivity contribution is 6.05. The molecule has 2 atom stereocenters. The molecule has 1 aliphatic rings. The molecule has 0 radical (unpaired) electrons. The molecule has 1 aromatic rings. The number of amides is 1. The molecule has 1 saturated heterocycles. The van der Waals surface area contributed by atoms with Crippen LogP contribution in [-0.2, 0) is 9.59 Å². The van der Waals surface area contributed by atoms with Gasteiger partial charge in [-0.2, -0.15) is 5.26 Å². The van der Waals surface area contributed by atoms with E-state index in [0.717, 1.165) is 12.8 Å². The number of ketones is 1. The van der Waals surface area contributed by atoms with E-state index in [1.807, 2.05) is 0 Å². The van der Waals surface area contributed by atoms with Gasteiger partial charge in [0, 0.05) is 13.1 Å². The lowest BCUT2D eigenvalue weighted by molar-refractivity contribution is -0.140. The number of hydrogen-bond donors (Lipinski definition) is 1. The molecular weight excluding hydrogens is 284 g/mol. The monoisotopic (exact) mass is 302 g/mol. The van der Waals surface area contributed by atoms with Gasteiger partial charge < -0.3 is 14.7 Å². The minimum Gasteiger partial charge on any atom is -0.508 e. The minimum atomic E-state index is -1.33. The van der Waals surface area contributed by atoms with Gasteiger partial charge >= 0.3 is 0 Å². The molecule has 1 aliphatic heterocycles. The summed E-state index contributed by atoms with van der Waals surface area (Å²) in [6.45, 7) is 2.70. The Balaban J connectivity index is 2.02. The van der Waals surface area contributed by atoms with Gasteiger partial charge in [-0.05, 0) is 44.0 Å². The highest BCUT2D eigenvalue weighted by Gasteiger charge is 2.35. The lowest BCUT2D eigenvalue weighted by atomic mass is 10.0. The number of carbonyl (C=O) groups is 2. The Kier molecular flexibility index (Phi) is 4.99. The molecule has 0 spiro atoms. The summed E-state index contributed by atoms with van der Waals surface area (Å²) in [4.78, 5) is 26.1. The molecule has 0 bridgehead atoms. The first-order valence-electron chi connectivity index (χ1n) is 7.20. The van der Waals surface area contributed by atoms with Gasteiger partial charge in [-0.1, -0.05) is 0 Å². The third kappa shape index (κ3) is 3.55. The van der Waals surface area contributed by atoms with Gasteiger partial charge in [0.2, 0.25) is 5.91 Å². The predicted octanol–water partition coefficient (Wildman–Crippen LogP) is 1.49. The van der Waals surface area contributed by atoms with Crippen molar-refractivity contribution in [2.24, 2.45) is 5.92 Å². The quantitative estimate of drug-likeness (QED) is 0.832. The third-order valence-corrected chi connectivity index (χ3v) is 3.63. The zero-order chi connectivity index (χ0) is 16.1. The van der Waals surface area contributed by atoms with E-state index in [1.54, 1.807) is 11.0 Å². The van der Waals surface area contributed by atoms with Gasteiger partial charge in [-0.25, -0.2) is 0 Å². The van der Waals surface area contributed by atoms with Crippen LogP contribution < -0.4 is 4.74 Å². The van der Waals surface area contributed by atoms with E-state index in [1.165, 1.54) is 31.2 Å². The van der Waals surface area contributed by atoms with Crippen LogP contribution in [0.25, 0.3) is 0 Å². The van der Waals surface area contributed by atoms with Crippen LogP contribution in [0.1, 0.15) is 19.8 Å². The van der Waals surface area contributed by atoms with Crippen molar-refractivity contribution in [2.45, 2.75) is 25.9 Å². The molecule has 116 valence electrons. The maximum atomic E-state index is 12.3. The number of likely N-dealkylation sites (tertiary alicyclic amines) is 1. The second-order valence-electron chi connectivity index (χ2n) is 5.25. The van der Waals surface area contributed by atoms with E-state index in [2.05, 4.69) is 0 Å². The van der Waals surface area contributed by atoms with Crippen LogP contribution in [0.5, 0.6) is 11.5 Å². The van der Waals surface area contributed by atoms with Gasteiger partial charge in [0.25, 0.3) is 0 Å². The average molecular weight is 302 g/mol.